The number of pyridine rings is 1. The predicted molar refractivity (Wildman–Crippen MR) is 61.2 cm³/mol. The Bertz CT molecular complexity index is 713. The molecule has 0 fully saturated rings. The maximum Gasteiger partial charge on any atom is 0.149 e. The molecule has 0 aliphatic carbocycles. The normalized spacial score (nSPS) is 9.00. The van der Waals surface area contributed by atoms with E-state index in [1.54, 1.807) is 28.8 Å². The molecule has 0 aliphatic rings. The standard InChI is InChI=1S/C13H6N4/c14-7-10(8-15)12(9-16)13-5-4-11-3-1-2-6-17(11)13/h1-6H. The quantitative estimate of drug-likeness (QED) is 0.689. The number of hydrogen-bond donors (Lipinski definition) is 0. The van der Waals surface area contributed by atoms with Crippen molar-refractivity contribution in [3.05, 3.63) is 47.8 Å². The molecule has 4 nitrogen and oxygen atoms in total. The van der Waals surface area contributed by atoms with Crippen LogP contribution in [-0.4, -0.2) is 4.40 Å². The lowest BCUT2D eigenvalue weighted by Crippen LogP contribution is -1.92. The molecule has 0 atom stereocenters. The number of aromatic nitrogens is 1. The minimum atomic E-state index is -0.170. The minimum Gasteiger partial charge on any atom is -0.316 e. The van der Waals surface area contributed by atoms with Gasteiger partial charge in [0.2, 0.25) is 0 Å². The molecule has 0 spiro atoms. The van der Waals surface area contributed by atoms with E-state index >= 15 is 0 Å². The minimum absolute atomic E-state index is 0.0983. The number of nitriles is 3. The lowest BCUT2D eigenvalue weighted by molar-refractivity contribution is 1.17. The second-order valence-electron chi connectivity index (χ2n) is 3.30. The Morgan fingerprint density at radius 1 is 0.941 bits per heavy atom. The maximum atomic E-state index is 9.07. The van der Waals surface area contributed by atoms with Gasteiger partial charge in [-0.15, -0.1) is 0 Å². The van der Waals surface area contributed by atoms with E-state index in [2.05, 4.69) is 0 Å². The van der Waals surface area contributed by atoms with Crippen molar-refractivity contribution in [3.8, 4) is 18.2 Å². The third-order valence-electron chi connectivity index (χ3n) is 2.40. The van der Waals surface area contributed by atoms with Gasteiger partial charge in [0.05, 0.1) is 5.69 Å². The first-order valence-corrected chi connectivity index (χ1v) is 4.83. The van der Waals surface area contributed by atoms with Crippen LogP contribution >= 0.6 is 0 Å². The first-order chi connectivity index (χ1) is 8.31. The molecular formula is C13H6N4. The van der Waals surface area contributed by atoms with Gasteiger partial charge in [-0.3, -0.25) is 0 Å². The molecule has 0 saturated carbocycles. The number of hydrogen-bond acceptors (Lipinski definition) is 3. The Kier molecular flexibility index (Phi) is 2.61. The largest absolute Gasteiger partial charge is 0.316 e. The molecule has 0 aliphatic heterocycles. The van der Waals surface area contributed by atoms with Crippen LogP contribution in [0.3, 0.4) is 0 Å². The molecule has 17 heavy (non-hydrogen) atoms. The summed E-state index contributed by atoms with van der Waals surface area (Å²) in [4.78, 5) is 0. The van der Waals surface area contributed by atoms with Gasteiger partial charge in [0.15, 0.2) is 0 Å². The molecule has 78 valence electrons. The van der Waals surface area contributed by atoms with E-state index in [4.69, 9.17) is 15.8 Å². The van der Waals surface area contributed by atoms with Gasteiger partial charge >= 0.3 is 0 Å². The molecule has 2 rings (SSSR count). The second-order valence-corrected chi connectivity index (χ2v) is 3.30. The summed E-state index contributed by atoms with van der Waals surface area (Å²) in [6.45, 7) is 0. The van der Waals surface area contributed by atoms with Crippen molar-refractivity contribution < 1.29 is 0 Å². The zero-order chi connectivity index (χ0) is 12.3. The third kappa shape index (κ3) is 1.63. The summed E-state index contributed by atoms with van der Waals surface area (Å²) in [7, 11) is 0. The molecule has 2 aromatic rings. The van der Waals surface area contributed by atoms with E-state index in [0.29, 0.717) is 5.69 Å². The van der Waals surface area contributed by atoms with E-state index in [0.717, 1.165) is 5.52 Å². The smallest absolute Gasteiger partial charge is 0.149 e. The zero-order valence-electron chi connectivity index (χ0n) is 8.75. The molecule has 0 amide bonds. The van der Waals surface area contributed by atoms with Gasteiger partial charge in [-0.05, 0) is 24.3 Å². The Labute approximate surface area is 97.9 Å². The van der Waals surface area contributed by atoms with Gasteiger partial charge < -0.3 is 4.40 Å². The van der Waals surface area contributed by atoms with Gasteiger partial charge in [0.25, 0.3) is 0 Å². The van der Waals surface area contributed by atoms with Crippen LogP contribution in [0.4, 0.5) is 0 Å². The van der Waals surface area contributed by atoms with Crippen molar-refractivity contribution in [1.82, 2.24) is 4.40 Å². The monoisotopic (exact) mass is 218 g/mol. The highest BCUT2D eigenvalue weighted by Gasteiger charge is 2.12. The fourth-order valence-corrected chi connectivity index (χ4v) is 1.64. The average molecular weight is 218 g/mol. The summed E-state index contributed by atoms with van der Waals surface area (Å²) < 4.78 is 1.77. The first kappa shape index (κ1) is 10.5. The van der Waals surface area contributed by atoms with Crippen LogP contribution in [0.5, 0.6) is 0 Å². The van der Waals surface area contributed by atoms with Crippen LogP contribution in [0.1, 0.15) is 5.69 Å². The van der Waals surface area contributed by atoms with Gasteiger partial charge in [-0.25, -0.2) is 0 Å². The average Bonchev–Trinajstić information content (AvgIpc) is 2.79. The highest BCUT2D eigenvalue weighted by Crippen LogP contribution is 2.20. The van der Waals surface area contributed by atoms with Crippen LogP contribution in [0.2, 0.25) is 0 Å². The Morgan fingerprint density at radius 3 is 2.35 bits per heavy atom. The molecule has 2 aromatic heterocycles. The molecule has 0 aromatic carbocycles. The summed E-state index contributed by atoms with van der Waals surface area (Å²) in [6, 6.07) is 14.5. The fraction of sp³-hybridized carbons (Fsp3) is 0. The number of fused-ring (bicyclic) bond motifs is 1. The van der Waals surface area contributed by atoms with Gasteiger partial charge in [-0.2, -0.15) is 15.8 Å². The van der Waals surface area contributed by atoms with Crippen molar-refractivity contribution in [2.24, 2.45) is 0 Å². The fourth-order valence-electron chi connectivity index (χ4n) is 1.64. The zero-order valence-corrected chi connectivity index (χ0v) is 8.75. The molecule has 2 heterocycles. The van der Waals surface area contributed by atoms with Gasteiger partial charge in [0, 0.05) is 11.7 Å². The van der Waals surface area contributed by atoms with Crippen LogP contribution in [0.15, 0.2) is 42.1 Å². The van der Waals surface area contributed by atoms with E-state index in [1.807, 2.05) is 30.3 Å². The van der Waals surface area contributed by atoms with Crippen molar-refractivity contribution >= 4 is 11.1 Å². The van der Waals surface area contributed by atoms with Crippen molar-refractivity contribution in [2.75, 3.05) is 0 Å². The van der Waals surface area contributed by atoms with E-state index in [-0.39, 0.29) is 11.1 Å². The SMILES string of the molecule is N#CC(C#N)=C(C#N)c1ccc2ccccn12. The lowest BCUT2D eigenvalue weighted by atomic mass is 10.1. The molecule has 0 bridgehead atoms. The van der Waals surface area contributed by atoms with Crippen LogP contribution in [0.25, 0.3) is 11.1 Å². The highest BCUT2D eigenvalue weighted by molar-refractivity contribution is 5.84. The van der Waals surface area contributed by atoms with E-state index < -0.39 is 0 Å². The Balaban J connectivity index is 2.79. The lowest BCUT2D eigenvalue weighted by Gasteiger charge is -2.00. The Morgan fingerprint density at radius 2 is 1.71 bits per heavy atom. The summed E-state index contributed by atoms with van der Waals surface area (Å²) >= 11 is 0. The molecule has 0 unspecified atom stereocenters. The number of allylic oxidation sites excluding steroid dienone is 2. The number of rotatable bonds is 1. The second kappa shape index (κ2) is 4.23. The predicted octanol–water partition coefficient (Wildman–Crippen LogP) is 2.26. The summed E-state index contributed by atoms with van der Waals surface area (Å²) in [5, 5.41) is 26.7. The van der Waals surface area contributed by atoms with Crippen LogP contribution < -0.4 is 0 Å². The topological polar surface area (TPSA) is 75.8 Å². The third-order valence-corrected chi connectivity index (χ3v) is 2.40. The summed E-state index contributed by atoms with van der Waals surface area (Å²) in [6.07, 6.45) is 1.79. The summed E-state index contributed by atoms with van der Waals surface area (Å²) in [5.74, 6) is 0. The highest BCUT2D eigenvalue weighted by atomic mass is 14.9. The Hall–Kier alpha value is -3.03. The maximum absolute atomic E-state index is 9.07. The van der Waals surface area contributed by atoms with Gasteiger partial charge in [0.1, 0.15) is 29.4 Å². The molecule has 0 radical (unpaired) electrons. The first-order valence-electron chi connectivity index (χ1n) is 4.83. The molecular weight excluding hydrogens is 212 g/mol. The molecule has 0 N–H and O–H groups in total. The number of nitrogens with zero attached hydrogens (tertiary/aromatic N) is 4. The van der Waals surface area contributed by atoms with E-state index in [9.17, 15) is 0 Å². The van der Waals surface area contributed by atoms with Crippen molar-refractivity contribution in [3.63, 3.8) is 0 Å². The van der Waals surface area contributed by atoms with Crippen LogP contribution in [0, 0.1) is 34.0 Å². The van der Waals surface area contributed by atoms with Crippen molar-refractivity contribution in [2.45, 2.75) is 0 Å². The molecule has 4 heteroatoms. The molecule has 0 saturated heterocycles. The van der Waals surface area contributed by atoms with E-state index in [1.165, 1.54) is 0 Å². The summed E-state index contributed by atoms with van der Waals surface area (Å²) in [5.41, 5.74) is 1.39. The van der Waals surface area contributed by atoms with Crippen molar-refractivity contribution in [1.29, 1.82) is 15.8 Å². The van der Waals surface area contributed by atoms with Gasteiger partial charge in [-0.1, -0.05) is 6.07 Å². The van der Waals surface area contributed by atoms with Crippen LogP contribution in [-0.2, 0) is 0 Å².